The number of rotatable bonds is 5. The lowest BCUT2D eigenvalue weighted by Crippen LogP contribution is -2.46. The maximum absolute atomic E-state index is 12.5. The van der Waals surface area contributed by atoms with Gasteiger partial charge in [-0.15, -0.1) is 0 Å². The Hall–Kier alpha value is -1.40. The van der Waals surface area contributed by atoms with Gasteiger partial charge in [-0.3, -0.25) is 4.79 Å². The van der Waals surface area contributed by atoms with Crippen LogP contribution in [0.3, 0.4) is 0 Å². The van der Waals surface area contributed by atoms with Crippen molar-refractivity contribution in [3.63, 3.8) is 0 Å². The molecule has 0 N–H and O–H groups in total. The third-order valence-electron chi connectivity index (χ3n) is 5.14. The van der Waals surface area contributed by atoms with Crippen LogP contribution in [0.5, 0.6) is 0 Å². The summed E-state index contributed by atoms with van der Waals surface area (Å²) in [6.45, 7) is 8.13. The fraction of sp³-hybridized carbons (Fsp3) is 0.765. The van der Waals surface area contributed by atoms with Crippen LogP contribution < -0.4 is 0 Å². The SMILES string of the molecule is CN1CCN(CCC(=O)N2CCC[C@@H](Cn3ccnc3)C2)CC1. The van der Waals surface area contributed by atoms with E-state index in [1.165, 1.54) is 6.42 Å². The first-order valence-corrected chi connectivity index (χ1v) is 8.85. The molecule has 2 fully saturated rings. The summed E-state index contributed by atoms with van der Waals surface area (Å²) in [6.07, 6.45) is 8.70. The minimum absolute atomic E-state index is 0.333. The third kappa shape index (κ3) is 4.78. The van der Waals surface area contributed by atoms with Crippen molar-refractivity contribution < 1.29 is 4.79 Å². The van der Waals surface area contributed by atoms with Gasteiger partial charge < -0.3 is 19.3 Å². The molecule has 3 rings (SSSR count). The van der Waals surface area contributed by atoms with Gasteiger partial charge in [-0.25, -0.2) is 4.98 Å². The van der Waals surface area contributed by atoms with Gasteiger partial charge in [0, 0.05) is 71.2 Å². The molecule has 1 aromatic heterocycles. The molecule has 6 nitrogen and oxygen atoms in total. The Morgan fingerprint density at radius 2 is 2.04 bits per heavy atom. The minimum atomic E-state index is 0.333. The maximum Gasteiger partial charge on any atom is 0.223 e. The van der Waals surface area contributed by atoms with Crippen LogP contribution in [0, 0.1) is 5.92 Å². The largest absolute Gasteiger partial charge is 0.342 e. The number of aromatic nitrogens is 2. The first kappa shape index (κ1) is 16.5. The summed E-state index contributed by atoms with van der Waals surface area (Å²) in [4.78, 5) is 23.5. The number of carbonyl (C=O) groups is 1. The minimum Gasteiger partial charge on any atom is -0.342 e. The smallest absolute Gasteiger partial charge is 0.223 e. The molecule has 3 heterocycles. The van der Waals surface area contributed by atoms with E-state index in [0.717, 1.165) is 58.8 Å². The summed E-state index contributed by atoms with van der Waals surface area (Å²) in [5, 5.41) is 0. The van der Waals surface area contributed by atoms with Crippen molar-refractivity contribution in [1.82, 2.24) is 24.3 Å². The van der Waals surface area contributed by atoms with Gasteiger partial charge in [-0.1, -0.05) is 0 Å². The zero-order valence-corrected chi connectivity index (χ0v) is 14.2. The Balaban J connectivity index is 1.41. The molecule has 6 heteroatoms. The zero-order chi connectivity index (χ0) is 16.1. The number of piperidine rings is 1. The van der Waals surface area contributed by atoms with Crippen molar-refractivity contribution in [3.05, 3.63) is 18.7 Å². The van der Waals surface area contributed by atoms with Gasteiger partial charge in [-0.05, 0) is 25.8 Å². The summed E-state index contributed by atoms with van der Waals surface area (Å²) >= 11 is 0. The molecule has 1 aromatic rings. The maximum atomic E-state index is 12.5. The number of imidazole rings is 1. The van der Waals surface area contributed by atoms with Crippen molar-refractivity contribution in [2.45, 2.75) is 25.8 Å². The van der Waals surface area contributed by atoms with Crippen LogP contribution in [-0.4, -0.2) is 83.0 Å². The molecule has 0 aromatic carbocycles. The van der Waals surface area contributed by atoms with E-state index in [2.05, 4.69) is 31.3 Å². The van der Waals surface area contributed by atoms with Gasteiger partial charge in [0.2, 0.25) is 5.91 Å². The molecule has 0 bridgehead atoms. The van der Waals surface area contributed by atoms with E-state index in [4.69, 9.17) is 0 Å². The topological polar surface area (TPSA) is 44.6 Å². The van der Waals surface area contributed by atoms with Crippen molar-refractivity contribution in [3.8, 4) is 0 Å². The van der Waals surface area contributed by atoms with Crippen LogP contribution in [0.15, 0.2) is 18.7 Å². The lowest BCUT2D eigenvalue weighted by Gasteiger charge is -2.35. The van der Waals surface area contributed by atoms with E-state index in [1.807, 2.05) is 18.7 Å². The number of hydrogen-bond acceptors (Lipinski definition) is 4. The predicted octanol–water partition coefficient (Wildman–Crippen LogP) is 0.759. The van der Waals surface area contributed by atoms with Gasteiger partial charge >= 0.3 is 0 Å². The van der Waals surface area contributed by atoms with E-state index in [9.17, 15) is 4.79 Å². The van der Waals surface area contributed by atoms with Gasteiger partial charge in [0.05, 0.1) is 6.33 Å². The molecule has 2 saturated heterocycles. The summed E-state index contributed by atoms with van der Waals surface area (Å²) in [5.74, 6) is 0.893. The highest BCUT2D eigenvalue weighted by atomic mass is 16.2. The third-order valence-corrected chi connectivity index (χ3v) is 5.14. The first-order valence-electron chi connectivity index (χ1n) is 8.85. The second kappa shape index (κ2) is 7.93. The Labute approximate surface area is 139 Å². The Morgan fingerprint density at radius 3 is 2.78 bits per heavy atom. The molecular weight excluding hydrogens is 290 g/mol. The highest BCUT2D eigenvalue weighted by Crippen LogP contribution is 2.19. The Kier molecular flexibility index (Phi) is 5.67. The average molecular weight is 319 g/mol. The molecule has 0 radical (unpaired) electrons. The lowest BCUT2D eigenvalue weighted by molar-refractivity contribution is -0.133. The number of carbonyl (C=O) groups excluding carboxylic acids is 1. The normalized spacial score (nSPS) is 24.0. The standard InChI is InChI=1S/C17H29N5O/c1-19-9-11-20(12-10-19)7-4-17(23)22-6-2-3-16(14-22)13-21-8-5-18-15-21/h5,8,15-16H,2-4,6-7,9-14H2,1H3/t16-/m0/s1. The van der Waals surface area contributed by atoms with E-state index >= 15 is 0 Å². The summed E-state index contributed by atoms with van der Waals surface area (Å²) < 4.78 is 2.13. The molecule has 128 valence electrons. The zero-order valence-electron chi connectivity index (χ0n) is 14.2. The van der Waals surface area contributed by atoms with E-state index < -0.39 is 0 Å². The summed E-state index contributed by atoms with van der Waals surface area (Å²) in [6, 6.07) is 0. The first-order chi connectivity index (χ1) is 11.2. The van der Waals surface area contributed by atoms with Crippen molar-refractivity contribution in [1.29, 1.82) is 0 Å². The lowest BCUT2D eigenvalue weighted by atomic mass is 9.97. The van der Waals surface area contributed by atoms with Gasteiger partial charge in [0.1, 0.15) is 0 Å². The van der Waals surface area contributed by atoms with Crippen LogP contribution in [-0.2, 0) is 11.3 Å². The van der Waals surface area contributed by atoms with Crippen LogP contribution in [0.2, 0.25) is 0 Å². The highest BCUT2D eigenvalue weighted by Gasteiger charge is 2.24. The second-order valence-corrected chi connectivity index (χ2v) is 7.00. The monoisotopic (exact) mass is 319 g/mol. The van der Waals surface area contributed by atoms with Crippen molar-refractivity contribution in [2.24, 2.45) is 5.92 Å². The number of piperazine rings is 1. The highest BCUT2D eigenvalue weighted by molar-refractivity contribution is 5.76. The van der Waals surface area contributed by atoms with E-state index in [1.54, 1.807) is 0 Å². The number of nitrogens with zero attached hydrogens (tertiary/aromatic N) is 5. The molecule has 23 heavy (non-hydrogen) atoms. The second-order valence-electron chi connectivity index (χ2n) is 7.00. The fourth-order valence-corrected chi connectivity index (χ4v) is 3.62. The Bertz CT molecular complexity index is 481. The quantitative estimate of drug-likeness (QED) is 0.804. The molecule has 0 spiro atoms. The number of likely N-dealkylation sites (tertiary alicyclic amines) is 1. The van der Waals surface area contributed by atoms with Crippen molar-refractivity contribution in [2.75, 3.05) is 52.9 Å². The number of hydrogen-bond donors (Lipinski definition) is 0. The molecule has 2 aliphatic rings. The predicted molar refractivity (Wildman–Crippen MR) is 90.1 cm³/mol. The molecule has 1 atom stereocenters. The molecule has 0 saturated carbocycles. The van der Waals surface area contributed by atoms with Gasteiger partial charge in [-0.2, -0.15) is 0 Å². The van der Waals surface area contributed by atoms with Crippen LogP contribution in [0.25, 0.3) is 0 Å². The fourth-order valence-electron chi connectivity index (χ4n) is 3.62. The number of amides is 1. The van der Waals surface area contributed by atoms with Gasteiger partial charge in [0.15, 0.2) is 0 Å². The van der Waals surface area contributed by atoms with Crippen molar-refractivity contribution >= 4 is 5.91 Å². The van der Waals surface area contributed by atoms with Crippen LogP contribution >= 0.6 is 0 Å². The Morgan fingerprint density at radius 1 is 1.22 bits per heavy atom. The van der Waals surface area contributed by atoms with Gasteiger partial charge in [0.25, 0.3) is 0 Å². The number of likely N-dealkylation sites (N-methyl/N-ethyl adjacent to an activating group) is 1. The summed E-state index contributed by atoms with van der Waals surface area (Å²) in [5.41, 5.74) is 0. The van der Waals surface area contributed by atoms with Crippen LogP contribution in [0.4, 0.5) is 0 Å². The van der Waals surface area contributed by atoms with Crippen LogP contribution in [0.1, 0.15) is 19.3 Å². The summed E-state index contributed by atoms with van der Waals surface area (Å²) in [7, 11) is 2.16. The molecule has 0 aliphatic carbocycles. The van der Waals surface area contributed by atoms with E-state index in [0.29, 0.717) is 18.2 Å². The molecular formula is C17H29N5O. The molecule has 0 unspecified atom stereocenters. The average Bonchev–Trinajstić information content (AvgIpc) is 3.07. The van der Waals surface area contributed by atoms with E-state index in [-0.39, 0.29) is 0 Å². The molecule has 1 amide bonds. The molecule has 2 aliphatic heterocycles.